The highest BCUT2D eigenvalue weighted by Gasteiger charge is 2.45. The van der Waals surface area contributed by atoms with E-state index in [0.717, 1.165) is 22.5 Å². The monoisotopic (exact) mass is 390 g/mol. The van der Waals surface area contributed by atoms with Crippen LogP contribution >= 0.6 is 0 Å². The molecule has 0 aromatic heterocycles. The summed E-state index contributed by atoms with van der Waals surface area (Å²) in [4.78, 5) is 0. The Kier molecular flexibility index (Phi) is 4.66. The lowest BCUT2D eigenvalue weighted by atomic mass is 9.90. The molecule has 4 aromatic carbocycles. The molecule has 4 heteroatoms. The van der Waals surface area contributed by atoms with Crippen molar-refractivity contribution in [1.29, 1.82) is 0 Å². The largest absolute Gasteiger partial charge is 0.273 e. The Morgan fingerprint density at radius 3 is 1.47 bits per heavy atom. The molecule has 0 bridgehead atoms. The molecule has 1 N–H and O–H groups in total. The molecular weight excluding hydrogens is 368 g/mol. The smallest absolute Gasteiger partial charge is 0.197 e. The van der Waals surface area contributed by atoms with Crippen molar-refractivity contribution in [2.24, 2.45) is 5.10 Å². The number of hydrogen-bond donors (Lipinski definition) is 1. The third kappa shape index (κ3) is 2.99. The number of nitrogens with one attached hydrogen (secondary N) is 1. The number of hydrogen-bond acceptors (Lipinski definition) is 4. The summed E-state index contributed by atoms with van der Waals surface area (Å²) < 4.78 is 0. The molecule has 1 aliphatic heterocycles. The van der Waals surface area contributed by atoms with Gasteiger partial charge in [0.2, 0.25) is 0 Å². The van der Waals surface area contributed by atoms with Gasteiger partial charge < -0.3 is 0 Å². The van der Waals surface area contributed by atoms with Crippen LogP contribution in [0.5, 0.6) is 0 Å². The summed E-state index contributed by atoms with van der Waals surface area (Å²) in [6, 6.07) is 41.6. The predicted octanol–water partition coefficient (Wildman–Crippen LogP) is 5.36. The summed E-state index contributed by atoms with van der Waals surface area (Å²) in [7, 11) is 0. The Balaban J connectivity index is 1.81. The van der Waals surface area contributed by atoms with E-state index in [1.54, 1.807) is 0 Å². The number of nitrogens with zero attached hydrogens (tertiary/aromatic N) is 3. The Morgan fingerprint density at radius 1 is 0.533 bits per heavy atom. The molecule has 146 valence electrons. The first kappa shape index (κ1) is 18.0. The average Bonchev–Trinajstić information content (AvgIpc) is 2.85. The molecule has 0 amide bonds. The van der Waals surface area contributed by atoms with Crippen molar-refractivity contribution in [3.05, 3.63) is 132 Å². The van der Waals surface area contributed by atoms with Crippen LogP contribution in [0.25, 0.3) is 0 Å². The quantitative estimate of drug-likeness (QED) is 0.509. The Bertz CT molecular complexity index is 1070. The van der Waals surface area contributed by atoms with Crippen molar-refractivity contribution in [2.45, 2.75) is 5.66 Å². The highest BCUT2D eigenvalue weighted by Crippen LogP contribution is 2.40. The Hall–Kier alpha value is -4.05. The van der Waals surface area contributed by atoms with E-state index in [9.17, 15) is 0 Å². The average molecular weight is 390 g/mol. The number of hydrazone groups is 1. The highest BCUT2D eigenvalue weighted by atomic mass is 15.7. The van der Waals surface area contributed by atoms with E-state index in [0.29, 0.717) is 0 Å². The lowest BCUT2D eigenvalue weighted by Crippen LogP contribution is -2.65. The SMILES string of the molecule is C1=NNC(c2ccccc2)(c2ccccc2)N(c2ccccc2)N1c1ccccc1. The molecule has 0 fully saturated rings. The lowest BCUT2D eigenvalue weighted by molar-refractivity contribution is 0.376. The fourth-order valence-corrected chi connectivity index (χ4v) is 3.99. The molecule has 0 radical (unpaired) electrons. The van der Waals surface area contributed by atoms with Gasteiger partial charge in [0, 0.05) is 11.1 Å². The first-order valence-corrected chi connectivity index (χ1v) is 10.0. The molecule has 0 aliphatic carbocycles. The fourth-order valence-electron chi connectivity index (χ4n) is 3.99. The summed E-state index contributed by atoms with van der Waals surface area (Å²) in [6.07, 6.45) is 1.83. The molecule has 0 unspecified atom stereocenters. The second-order valence-corrected chi connectivity index (χ2v) is 7.13. The van der Waals surface area contributed by atoms with Crippen molar-refractivity contribution in [1.82, 2.24) is 5.43 Å². The van der Waals surface area contributed by atoms with Crippen LogP contribution in [0.15, 0.2) is 126 Å². The minimum atomic E-state index is -0.728. The lowest BCUT2D eigenvalue weighted by Gasteiger charge is -2.51. The first-order valence-electron chi connectivity index (χ1n) is 10.0. The van der Waals surface area contributed by atoms with Gasteiger partial charge >= 0.3 is 0 Å². The van der Waals surface area contributed by atoms with Crippen molar-refractivity contribution in [3.63, 3.8) is 0 Å². The van der Waals surface area contributed by atoms with Gasteiger partial charge in [-0.15, -0.1) is 0 Å². The molecular formula is C26H22N4. The van der Waals surface area contributed by atoms with E-state index in [4.69, 9.17) is 0 Å². The van der Waals surface area contributed by atoms with E-state index < -0.39 is 5.66 Å². The molecule has 0 saturated carbocycles. The maximum absolute atomic E-state index is 4.63. The third-order valence-corrected chi connectivity index (χ3v) is 5.33. The van der Waals surface area contributed by atoms with Crippen molar-refractivity contribution in [3.8, 4) is 0 Å². The topological polar surface area (TPSA) is 30.9 Å². The normalized spacial score (nSPS) is 14.9. The van der Waals surface area contributed by atoms with Gasteiger partial charge in [0.15, 0.2) is 5.66 Å². The molecule has 1 heterocycles. The summed E-state index contributed by atoms with van der Waals surface area (Å²) >= 11 is 0. The third-order valence-electron chi connectivity index (χ3n) is 5.33. The van der Waals surface area contributed by atoms with Crippen LogP contribution < -0.4 is 15.4 Å². The van der Waals surface area contributed by atoms with Crippen molar-refractivity contribution >= 4 is 17.7 Å². The predicted molar refractivity (Wildman–Crippen MR) is 123 cm³/mol. The van der Waals surface area contributed by atoms with Crippen LogP contribution in [0, 0.1) is 0 Å². The van der Waals surface area contributed by atoms with Crippen molar-refractivity contribution < 1.29 is 0 Å². The van der Waals surface area contributed by atoms with E-state index in [2.05, 4.69) is 105 Å². The maximum Gasteiger partial charge on any atom is 0.197 e. The summed E-state index contributed by atoms with van der Waals surface area (Å²) in [5, 5.41) is 8.99. The zero-order valence-corrected chi connectivity index (χ0v) is 16.5. The van der Waals surface area contributed by atoms with Gasteiger partial charge in [-0.2, -0.15) is 5.10 Å². The minimum absolute atomic E-state index is 0.728. The molecule has 0 spiro atoms. The minimum Gasteiger partial charge on any atom is -0.273 e. The van der Waals surface area contributed by atoms with E-state index in [-0.39, 0.29) is 0 Å². The first-order chi connectivity index (χ1) is 14.9. The number of benzene rings is 4. The van der Waals surface area contributed by atoms with Gasteiger partial charge in [0.1, 0.15) is 6.34 Å². The summed E-state index contributed by atoms with van der Waals surface area (Å²) in [5.74, 6) is 0. The van der Waals surface area contributed by atoms with Gasteiger partial charge in [-0.3, -0.25) is 5.43 Å². The molecule has 4 nitrogen and oxygen atoms in total. The molecule has 1 aliphatic rings. The van der Waals surface area contributed by atoms with Crippen molar-refractivity contribution in [2.75, 3.05) is 10.0 Å². The fraction of sp³-hybridized carbons (Fsp3) is 0.0385. The standard InChI is InChI=1S/C26H22N4/c1-5-13-22(14-6-1)26(23-15-7-2-8-16-23)28-27-21-29(24-17-9-3-10-18-24)30(26)25-19-11-4-12-20-25/h1-21,28H. The molecule has 5 rings (SSSR count). The highest BCUT2D eigenvalue weighted by molar-refractivity contribution is 5.85. The molecule has 0 atom stereocenters. The number of rotatable bonds is 4. The molecule has 0 saturated heterocycles. The van der Waals surface area contributed by atoms with Crippen LogP contribution in [-0.2, 0) is 5.66 Å². The summed E-state index contributed by atoms with van der Waals surface area (Å²) in [5.41, 5.74) is 7.01. The second kappa shape index (κ2) is 7.76. The van der Waals surface area contributed by atoms with Crippen LogP contribution in [-0.4, -0.2) is 6.34 Å². The molecule has 30 heavy (non-hydrogen) atoms. The second-order valence-electron chi connectivity index (χ2n) is 7.13. The number of hydrazine groups is 1. The Labute approximate surface area is 176 Å². The van der Waals surface area contributed by atoms with Gasteiger partial charge in [0.25, 0.3) is 0 Å². The number of anilines is 2. The zero-order chi connectivity index (χ0) is 20.2. The summed E-state index contributed by atoms with van der Waals surface area (Å²) in [6.45, 7) is 0. The van der Waals surface area contributed by atoms with Crippen LogP contribution in [0.1, 0.15) is 11.1 Å². The molecule has 4 aromatic rings. The van der Waals surface area contributed by atoms with Gasteiger partial charge in [-0.1, -0.05) is 97.1 Å². The number of para-hydroxylation sites is 2. The van der Waals surface area contributed by atoms with E-state index >= 15 is 0 Å². The van der Waals surface area contributed by atoms with Crippen LogP contribution in [0.2, 0.25) is 0 Å². The Morgan fingerprint density at radius 2 is 0.967 bits per heavy atom. The van der Waals surface area contributed by atoms with E-state index in [1.807, 2.05) is 42.7 Å². The van der Waals surface area contributed by atoms with Crippen LogP contribution in [0.3, 0.4) is 0 Å². The van der Waals surface area contributed by atoms with Gasteiger partial charge in [-0.05, 0) is 24.3 Å². The van der Waals surface area contributed by atoms with E-state index in [1.165, 1.54) is 0 Å². The van der Waals surface area contributed by atoms with Gasteiger partial charge in [-0.25, -0.2) is 10.0 Å². The van der Waals surface area contributed by atoms with Crippen LogP contribution in [0.4, 0.5) is 11.4 Å². The maximum atomic E-state index is 4.63. The zero-order valence-electron chi connectivity index (χ0n) is 16.5. The van der Waals surface area contributed by atoms with Gasteiger partial charge in [0.05, 0.1) is 11.4 Å².